The van der Waals surface area contributed by atoms with Crippen LogP contribution in [-0.2, 0) is 11.2 Å². The fraction of sp³-hybridized carbons (Fsp3) is 0.667. The number of carbonyl (C=O) groups excluding carboxylic acids is 1. The van der Waals surface area contributed by atoms with Crippen molar-refractivity contribution in [2.24, 2.45) is 0 Å². The number of aromatic nitrogens is 1. The Hall–Kier alpha value is -0.900. The van der Waals surface area contributed by atoms with E-state index in [1.165, 1.54) is 4.88 Å². The zero-order chi connectivity index (χ0) is 12.1. The van der Waals surface area contributed by atoms with E-state index < -0.39 is 0 Å². The molecule has 0 bridgehead atoms. The lowest BCUT2D eigenvalue weighted by molar-refractivity contribution is -0.130. The van der Waals surface area contributed by atoms with Crippen LogP contribution in [0.2, 0.25) is 0 Å². The van der Waals surface area contributed by atoms with E-state index in [0.717, 1.165) is 30.2 Å². The van der Waals surface area contributed by atoms with E-state index >= 15 is 0 Å². The molecule has 0 radical (unpaired) electrons. The van der Waals surface area contributed by atoms with Gasteiger partial charge in [0.1, 0.15) is 0 Å². The summed E-state index contributed by atoms with van der Waals surface area (Å²) in [6.07, 6.45) is 1.35. The molecule has 1 aromatic heterocycles. The summed E-state index contributed by atoms with van der Waals surface area (Å²) in [6.45, 7) is 9.71. The number of hydrogen-bond acceptors (Lipinski definition) is 3. The van der Waals surface area contributed by atoms with E-state index in [2.05, 4.69) is 11.9 Å². The van der Waals surface area contributed by atoms with Gasteiger partial charge in [0.25, 0.3) is 0 Å². The van der Waals surface area contributed by atoms with E-state index in [4.69, 9.17) is 0 Å². The monoisotopic (exact) mass is 240 g/mol. The van der Waals surface area contributed by atoms with Crippen molar-refractivity contribution in [2.45, 2.75) is 40.5 Å². The highest BCUT2D eigenvalue weighted by Crippen LogP contribution is 2.17. The van der Waals surface area contributed by atoms with Crippen LogP contribution < -0.4 is 0 Å². The van der Waals surface area contributed by atoms with E-state index in [0.29, 0.717) is 6.42 Å². The number of rotatable bonds is 5. The second kappa shape index (κ2) is 5.99. The van der Waals surface area contributed by atoms with E-state index in [-0.39, 0.29) is 5.91 Å². The smallest absolute Gasteiger partial charge is 0.222 e. The Morgan fingerprint density at radius 3 is 2.38 bits per heavy atom. The third-order valence-corrected chi connectivity index (χ3v) is 3.87. The number of aryl methyl sites for hydroxylation is 3. The fourth-order valence-electron chi connectivity index (χ4n) is 1.59. The summed E-state index contributed by atoms with van der Waals surface area (Å²) in [5.74, 6) is 0.232. The molecule has 0 aromatic carbocycles. The normalized spacial score (nSPS) is 10.5. The molecular weight excluding hydrogens is 220 g/mol. The van der Waals surface area contributed by atoms with Gasteiger partial charge in [0, 0.05) is 30.8 Å². The minimum Gasteiger partial charge on any atom is -0.343 e. The Morgan fingerprint density at radius 2 is 1.94 bits per heavy atom. The van der Waals surface area contributed by atoms with Gasteiger partial charge in [-0.1, -0.05) is 0 Å². The number of nitrogens with zero attached hydrogens (tertiary/aromatic N) is 2. The molecule has 0 spiro atoms. The predicted molar refractivity (Wildman–Crippen MR) is 67.8 cm³/mol. The van der Waals surface area contributed by atoms with Crippen LogP contribution in [0.3, 0.4) is 0 Å². The molecule has 1 rings (SSSR count). The van der Waals surface area contributed by atoms with Crippen molar-refractivity contribution >= 4 is 17.2 Å². The quantitative estimate of drug-likeness (QED) is 0.792. The molecular formula is C12H20N2OS. The highest BCUT2D eigenvalue weighted by Gasteiger charge is 2.11. The zero-order valence-corrected chi connectivity index (χ0v) is 11.4. The summed E-state index contributed by atoms with van der Waals surface area (Å²) in [5.41, 5.74) is 1.09. The Bertz CT molecular complexity index is 336. The molecule has 16 heavy (non-hydrogen) atoms. The average Bonchev–Trinajstić information content (AvgIpc) is 2.57. The maximum Gasteiger partial charge on any atom is 0.222 e. The van der Waals surface area contributed by atoms with Gasteiger partial charge >= 0.3 is 0 Å². The summed E-state index contributed by atoms with van der Waals surface area (Å²) >= 11 is 1.70. The van der Waals surface area contributed by atoms with Gasteiger partial charge in [-0.15, -0.1) is 11.3 Å². The molecule has 3 nitrogen and oxygen atoms in total. The maximum absolute atomic E-state index is 11.8. The highest BCUT2D eigenvalue weighted by atomic mass is 32.1. The molecule has 0 aliphatic rings. The van der Waals surface area contributed by atoms with E-state index in [1.54, 1.807) is 11.3 Å². The van der Waals surface area contributed by atoms with Gasteiger partial charge in [-0.2, -0.15) is 0 Å². The Balaban J connectivity index is 2.48. The van der Waals surface area contributed by atoms with Gasteiger partial charge in [0.2, 0.25) is 5.91 Å². The van der Waals surface area contributed by atoms with Crippen molar-refractivity contribution in [3.8, 4) is 0 Å². The van der Waals surface area contributed by atoms with Crippen LogP contribution in [0.4, 0.5) is 0 Å². The standard InChI is InChI=1S/C12H20N2OS/c1-5-14(6-2)12(15)8-7-11-13-9(3)10(4)16-11/h5-8H2,1-4H3. The van der Waals surface area contributed by atoms with Crippen LogP contribution in [0.5, 0.6) is 0 Å². The molecule has 1 aromatic rings. The summed E-state index contributed by atoms with van der Waals surface area (Å²) < 4.78 is 0. The summed E-state index contributed by atoms with van der Waals surface area (Å²) in [6, 6.07) is 0. The van der Waals surface area contributed by atoms with Crippen molar-refractivity contribution in [1.82, 2.24) is 9.88 Å². The van der Waals surface area contributed by atoms with Gasteiger partial charge < -0.3 is 4.90 Å². The first-order valence-corrected chi connectivity index (χ1v) is 6.60. The van der Waals surface area contributed by atoms with E-state index in [9.17, 15) is 4.79 Å². The Morgan fingerprint density at radius 1 is 1.31 bits per heavy atom. The molecule has 0 N–H and O–H groups in total. The van der Waals surface area contributed by atoms with Gasteiger partial charge in [0.05, 0.1) is 10.7 Å². The highest BCUT2D eigenvalue weighted by molar-refractivity contribution is 7.11. The fourth-order valence-corrected chi connectivity index (χ4v) is 2.53. The van der Waals surface area contributed by atoms with Crippen molar-refractivity contribution in [2.75, 3.05) is 13.1 Å². The van der Waals surface area contributed by atoms with Crippen LogP contribution in [0.15, 0.2) is 0 Å². The lowest BCUT2D eigenvalue weighted by atomic mass is 10.3. The zero-order valence-electron chi connectivity index (χ0n) is 10.5. The Labute approximate surface area is 101 Å². The molecule has 0 saturated carbocycles. The first kappa shape index (κ1) is 13.2. The predicted octanol–water partition coefficient (Wildman–Crippen LogP) is 2.56. The second-order valence-electron chi connectivity index (χ2n) is 3.82. The lowest BCUT2D eigenvalue weighted by Gasteiger charge is -2.17. The molecule has 1 amide bonds. The molecule has 1 heterocycles. The minimum atomic E-state index is 0.232. The summed E-state index contributed by atoms with van der Waals surface area (Å²) in [4.78, 5) is 19.3. The average molecular weight is 240 g/mol. The van der Waals surface area contributed by atoms with Crippen LogP contribution in [0.25, 0.3) is 0 Å². The minimum absolute atomic E-state index is 0.232. The summed E-state index contributed by atoms with van der Waals surface area (Å²) in [5, 5.41) is 1.08. The number of amides is 1. The van der Waals surface area contributed by atoms with Crippen LogP contribution in [0.1, 0.15) is 35.8 Å². The van der Waals surface area contributed by atoms with Crippen LogP contribution >= 0.6 is 11.3 Å². The van der Waals surface area contributed by atoms with Crippen molar-refractivity contribution in [3.63, 3.8) is 0 Å². The summed E-state index contributed by atoms with van der Waals surface area (Å²) in [7, 11) is 0. The van der Waals surface area contributed by atoms with Gasteiger partial charge in [-0.3, -0.25) is 4.79 Å². The second-order valence-corrected chi connectivity index (χ2v) is 5.10. The van der Waals surface area contributed by atoms with Crippen molar-refractivity contribution in [3.05, 3.63) is 15.6 Å². The third kappa shape index (κ3) is 3.30. The molecule has 0 atom stereocenters. The number of hydrogen-bond donors (Lipinski definition) is 0. The number of thiazole rings is 1. The number of carbonyl (C=O) groups is 1. The topological polar surface area (TPSA) is 33.2 Å². The van der Waals surface area contributed by atoms with Gasteiger partial charge in [-0.25, -0.2) is 4.98 Å². The maximum atomic E-state index is 11.8. The largest absolute Gasteiger partial charge is 0.343 e. The third-order valence-electron chi connectivity index (χ3n) is 2.74. The molecule has 4 heteroatoms. The van der Waals surface area contributed by atoms with Gasteiger partial charge in [-0.05, 0) is 27.7 Å². The van der Waals surface area contributed by atoms with Gasteiger partial charge in [0.15, 0.2) is 0 Å². The molecule has 0 saturated heterocycles. The van der Waals surface area contributed by atoms with Crippen molar-refractivity contribution < 1.29 is 4.79 Å². The van der Waals surface area contributed by atoms with Crippen molar-refractivity contribution in [1.29, 1.82) is 0 Å². The van der Waals surface area contributed by atoms with E-state index in [1.807, 2.05) is 25.7 Å². The first-order chi connectivity index (χ1) is 7.58. The Kier molecular flexibility index (Phi) is 4.93. The SMILES string of the molecule is CCN(CC)C(=O)CCc1nc(C)c(C)s1. The molecule has 90 valence electrons. The molecule has 0 fully saturated rings. The molecule has 0 unspecified atom stereocenters. The first-order valence-electron chi connectivity index (χ1n) is 5.79. The molecule has 0 aliphatic carbocycles. The van der Waals surface area contributed by atoms with Crippen LogP contribution in [-0.4, -0.2) is 28.9 Å². The van der Waals surface area contributed by atoms with Crippen LogP contribution in [0, 0.1) is 13.8 Å². The molecule has 0 aliphatic heterocycles. The lowest BCUT2D eigenvalue weighted by Crippen LogP contribution is -2.30.